The number of hydrogen-bond donors (Lipinski definition) is 1. The van der Waals surface area contributed by atoms with E-state index in [1.54, 1.807) is 6.92 Å². The minimum Gasteiger partial charge on any atom is -0.478 e. The fraction of sp³-hybridized carbons (Fsp3) is 0.727. The van der Waals surface area contributed by atoms with Crippen molar-refractivity contribution in [2.45, 2.75) is 39.5 Å². The fourth-order valence-corrected chi connectivity index (χ4v) is 1.88. The van der Waals surface area contributed by atoms with E-state index >= 15 is 0 Å². The number of aliphatic carboxylic acids is 1. The molecule has 0 aliphatic heterocycles. The summed E-state index contributed by atoms with van der Waals surface area (Å²) in [5, 5.41) is 8.70. The SMILES string of the molecule is C/C(=C/C1CCC(C)CC1)C(=O)O. The molecular formula is C11H18O2. The molecule has 0 aromatic rings. The normalized spacial score (nSPS) is 30.2. The molecule has 0 radical (unpaired) electrons. The average Bonchev–Trinajstić information content (AvgIpc) is 2.08. The molecule has 0 amide bonds. The molecule has 0 bridgehead atoms. The van der Waals surface area contributed by atoms with E-state index < -0.39 is 5.97 Å². The number of carboxylic acid groups (broad SMARTS) is 1. The van der Waals surface area contributed by atoms with Crippen molar-refractivity contribution >= 4 is 5.97 Å². The van der Waals surface area contributed by atoms with Crippen LogP contribution < -0.4 is 0 Å². The summed E-state index contributed by atoms with van der Waals surface area (Å²) in [6.07, 6.45) is 6.73. The molecule has 1 saturated carbocycles. The molecule has 0 atom stereocenters. The summed E-state index contributed by atoms with van der Waals surface area (Å²) in [5.74, 6) is 0.556. The van der Waals surface area contributed by atoms with Crippen molar-refractivity contribution in [1.29, 1.82) is 0 Å². The quantitative estimate of drug-likeness (QED) is 0.667. The molecule has 0 heterocycles. The van der Waals surface area contributed by atoms with Gasteiger partial charge in [-0.15, -0.1) is 0 Å². The van der Waals surface area contributed by atoms with Crippen LogP contribution in [0.3, 0.4) is 0 Å². The third-order valence-electron chi connectivity index (χ3n) is 2.88. The van der Waals surface area contributed by atoms with Crippen molar-refractivity contribution in [3.05, 3.63) is 11.6 Å². The lowest BCUT2D eigenvalue weighted by molar-refractivity contribution is -0.132. The zero-order chi connectivity index (χ0) is 9.84. The van der Waals surface area contributed by atoms with Crippen molar-refractivity contribution < 1.29 is 9.90 Å². The van der Waals surface area contributed by atoms with Crippen molar-refractivity contribution in [1.82, 2.24) is 0 Å². The zero-order valence-corrected chi connectivity index (χ0v) is 8.42. The van der Waals surface area contributed by atoms with Crippen molar-refractivity contribution in [3.63, 3.8) is 0 Å². The molecule has 1 aliphatic carbocycles. The molecule has 0 spiro atoms. The summed E-state index contributed by atoms with van der Waals surface area (Å²) >= 11 is 0. The van der Waals surface area contributed by atoms with Crippen LogP contribution in [0, 0.1) is 11.8 Å². The molecule has 1 aliphatic rings. The highest BCUT2D eigenvalue weighted by Gasteiger charge is 2.17. The van der Waals surface area contributed by atoms with Crippen LogP contribution in [0.1, 0.15) is 39.5 Å². The zero-order valence-electron chi connectivity index (χ0n) is 8.42. The Morgan fingerprint density at radius 3 is 2.31 bits per heavy atom. The summed E-state index contributed by atoms with van der Waals surface area (Å²) in [4.78, 5) is 10.6. The fourth-order valence-electron chi connectivity index (χ4n) is 1.88. The molecular weight excluding hydrogens is 164 g/mol. The molecule has 0 aromatic carbocycles. The first kappa shape index (κ1) is 10.3. The standard InChI is InChI=1S/C11H18O2/c1-8-3-5-10(6-4-8)7-9(2)11(12)13/h7-8,10H,3-6H2,1-2H3,(H,12,13)/b9-7-. The average molecular weight is 182 g/mol. The van der Waals surface area contributed by atoms with Gasteiger partial charge in [-0.2, -0.15) is 0 Å². The van der Waals surface area contributed by atoms with Crippen molar-refractivity contribution in [2.24, 2.45) is 11.8 Å². The molecule has 1 rings (SSSR count). The molecule has 2 heteroatoms. The first-order chi connectivity index (χ1) is 6.09. The Kier molecular flexibility index (Phi) is 3.52. The molecule has 0 unspecified atom stereocenters. The largest absolute Gasteiger partial charge is 0.478 e. The van der Waals surface area contributed by atoms with Crippen LogP contribution in [0.25, 0.3) is 0 Å². The van der Waals surface area contributed by atoms with Crippen LogP contribution in [0.4, 0.5) is 0 Å². The van der Waals surface area contributed by atoms with Gasteiger partial charge in [0.2, 0.25) is 0 Å². The van der Waals surface area contributed by atoms with Crippen LogP contribution >= 0.6 is 0 Å². The number of allylic oxidation sites excluding steroid dienone is 1. The Labute approximate surface area is 79.6 Å². The molecule has 0 aromatic heterocycles. The minimum atomic E-state index is -0.779. The van der Waals surface area contributed by atoms with Crippen LogP contribution in [-0.2, 0) is 4.79 Å². The smallest absolute Gasteiger partial charge is 0.330 e. The predicted molar refractivity (Wildman–Crippen MR) is 52.5 cm³/mol. The number of carbonyl (C=O) groups is 1. The van der Waals surface area contributed by atoms with E-state index in [0.717, 1.165) is 18.8 Å². The maximum atomic E-state index is 10.6. The number of rotatable bonds is 2. The van der Waals surface area contributed by atoms with E-state index in [2.05, 4.69) is 6.92 Å². The van der Waals surface area contributed by atoms with Gasteiger partial charge >= 0.3 is 5.97 Å². The third-order valence-corrected chi connectivity index (χ3v) is 2.88. The third kappa shape index (κ3) is 3.21. The lowest BCUT2D eigenvalue weighted by atomic mass is 9.82. The maximum Gasteiger partial charge on any atom is 0.330 e. The van der Waals surface area contributed by atoms with E-state index in [9.17, 15) is 4.79 Å². The van der Waals surface area contributed by atoms with Gasteiger partial charge in [0.25, 0.3) is 0 Å². The van der Waals surface area contributed by atoms with E-state index in [0.29, 0.717) is 11.5 Å². The molecule has 1 N–H and O–H groups in total. The Morgan fingerprint density at radius 1 is 1.31 bits per heavy atom. The highest BCUT2D eigenvalue weighted by molar-refractivity contribution is 5.85. The predicted octanol–water partition coefficient (Wildman–Crippen LogP) is 2.84. The topological polar surface area (TPSA) is 37.3 Å². The summed E-state index contributed by atoms with van der Waals surface area (Å²) in [6, 6.07) is 0. The van der Waals surface area contributed by atoms with Crippen LogP contribution in [0.15, 0.2) is 11.6 Å². The van der Waals surface area contributed by atoms with Gasteiger partial charge in [-0.1, -0.05) is 25.8 Å². The van der Waals surface area contributed by atoms with Crippen molar-refractivity contribution in [2.75, 3.05) is 0 Å². The summed E-state index contributed by atoms with van der Waals surface area (Å²) in [7, 11) is 0. The van der Waals surface area contributed by atoms with E-state index in [1.807, 2.05) is 6.08 Å². The second-order valence-corrected chi connectivity index (χ2v) is 4.17. The molecule has 74 valence electrons. The Bertz CT molecular complexity index is 210. The second kappa shape index (κ2) is 4.45. The molecule has 1 fully saturated rings. The van der Waals surface area contributed by atoms with Gasteiger partial charge < -0.3 is 5.11 Å². The van der Waals surface area contributed by atoms with E-state index in [-0.39, 0.29) is 0 Å². The lowest BCUT2D eigenvalue weighted by Crippen LogP contribution is -2.11. The highest BCUT2D eigenvalue weighted by atomic mass is 16.4. The summed E-state index contributed by atoms with van der Waals surface area (Å²) in [5.41, 5.74) is 0.500. The number of hydrogen-bond acceptors (Lipinski definition) is 1. The van der Waals surface area contributed by atoms with Gasteiger partial charge in [-0.3, -0.25) is 0 Å². The van der Waals surface area contributed by atoms with Crippen LogP contribution in [0.5, 0.6) is 0 Å². The van der Waals surface area contributed by atoms with Gasteiger partial charge in [-0.05, 0) is 31.6 Å². The lowest BCUT2D eigenvalue weighted by Gasteiger charge is -2.23. The van der Waals surface area contributed by atoms with E-state index in [1.165, 1.54) is 12.8 Å². The summed E-state index contributed by atoms with van der Waals surface area (Å²) in [6.45, 7) is 3.95. The van der Waals surface area contributed by atoms with Gasteiger partial charge in [0, 0.05) is 5.57 Å². The highest BCUT2D eigenvalue weighted by Crippen LogP contribution is 2.29. The molecule has 2 nitrogen and oxygen atoms in total. The molecule has 13 heavy (non-hydrogen) atoms. The van der Waals surface area contributed by atoms with Gasteiger partial charge in [0.15, 0.2) is 0 Å². The van der Waals surface area contributed by atoms with Crippen molar-refractivity contribution in [3.8, 4) is 0 Å². The van der Waals surface area contributed by atoms with Gasteiger partial charge in [0.1, 0.15) is 0 Å². The first-order valence-electron chi connectivity index (χ1n) is 5.01. The number of carboxylic acids is 1. The monoisotopic (exact) mass is 182 g/mol. The Balaban J connectivity index is 2.46. The van der Waals surface area contributed by atoms with Gasteiger partial charge in [0.05, 0.1) is 0 Å². The van der Waals surface area contributed by atoms with Crippen LogP contribution in [0.2, 0.25) is 0 Å². The molecule has 0 saturated heterocycles. The maximum absolute atomic E-state index is 10.6. The first-order valence-corrected chi connectivity index (χ1v) is 5.01. The van der Waals surface area contributed by atoms with Gasteiger partial charge in [-0.25, -0.2) is 4.79 Å². The Hall–Kier alpha value is -0.790. The second-order valence-electron chi connectivity index (χ2n) is 4.17. The van der Waals surface area contributed by atoms with E-state index in [4.69, 9.17) is 5.11 Å². The summed E-state index contributed by atoms with van der Waals surface area (Å²) < 4.78 is 0. The van der Waals surface area contributed by atoms with Crippen LogP contribution in [-0.4, -0.2) is 11.1 Å². The minimum absolute atomic E-state index is 0.500. The Morgan fingerprint density at radius 2 is 1.85 bits per heavy atom.